The minimum Gasteiger partial charge on any atom is -0.335 e. The van der Waals surface area contributed by atoms with Gasteiger partial charge in [0.25, 0.3) is 5.89 Å². The molecule has 2 N–H and O–H groups in total. The Balaban J connectivity index is 1.77. The van der Waals surface area contributed by atoms with E-state index in [1.165, 1.54) is 0 Å². The number of halogens is 1. The summed E-state index contributed by atoms with van der Waals surface area (Å²) >= 11 is 6.10. The van der Waals surface area contributed by atoms with Gasteiger partial charge in [0.05, 0.1) is 5.54 Å². The van der Waals surface area contributed by atoms with Gasteiger partial charge in [-0.2, -0.15) is 4.98 Å². The first kappa shape index (κ1) is 14.3. The molecule has 1 aliphatic rings. The van der Waals surface area contributed by atoms with E-state index in [9.17, 15) is 0 Å². The minimum atomic E-state index is -0.414. The summed E-state index contributed by atoms with van der Waals surface area (Å²) in [4.78, 5) is 4.40. The molecule has 110 valence electrons. The second kappa shape index (κ2) is 5.62. The lowest BCUT2D eigenvalue weighted by Crippen LogP contribution is -2.34. The Morgan fingerprint density at radius 3 is 2.76 bits per heavy atom. The number of aromatic nitrogens is 2. The first-order valence-corrected chi connectivity index (χ1v) is 7.52. The Labute approximate surface area is 129 Å². The van der Waals surface area contributed by atoms with Crippen molar-refractivity contribution in [3.05, 3.63) is 46.1 Å². The van der Waals surface area contributed by atoms with Gasteiger partial charge in [-0.05, 0) is 43.0 Å². The van der Waals surface area contributed by atoms with Crippen molar-refractivity contribution in [1.82, 2.24) is 10.1 Å². The highest BCUT2D eigenvalue weighted by Crippen LogP contribution is 2.34. The molecule has 1 fully saturated rings. The normalized spacial score (nSPS) is 17.7. The van der Waals surface area contributed by atoms with Gasteiger partial charge >= 0.3 is 0 Å². The van der Waals surface area contributed by atoms with E-state index in [1.54, 1.807) is 6.08 Å². The quantitative estimate of drug-likeness (QED) is 0.933. The van der Waals surface area contributed by atoms with Crippen LogP contribution in [-0.4, -0.2) is 10.1 Å². The van der Waals surface area contributed by atoms with Crippen LogP contribution in [0.25, 0.3) is 12.2 Å². The van der Waals surface area contributed by atoms with Crippen molar-refractivity contribution < 1.29 is 4.52 Å². The smallest absolute Gasteiger partial charge is 0.250 e. The first-order valence-electron chi connectivity index (χ1n) is 7.14. The molecule has 3 rings (SSSR count). The third-order valence-electron chi connectivity index (χ3n) is 4.00. The number of hydrogen-bond donors (Lipinski definition) is 1. The highest BCUT2D eigenvalue weighted by Gasteiger charge is 2.35. The fraction of sp³-hybridized carbons (Fsp3) is 0.375. The summed E-state index contributed by atoms with van der Waals surface area (Å²) in [6.45, 7) is 1.97. The molecule has 0 amide bonds. The van der Waals surface area contributed by atoms with Crippen molar-refractivity contribution in [2.75, 3.05) is 0 Å². The van der Waals surface area contributed by atoms with Crippen LogP contribution in [-0.2, 0) is 5.54 Å². The van der Waals surface area contributed by atoms with Gasteiger partial charge < -0.3 is 10.3 Å². The van der Waals surface area contributed by atoms with Gasteiger partial charge in [0.15, 0.2) is 5.82 Å². The lowest BCUT2D eigenvalue weighted by molar-refractivity contribution is 0.364. The standard InChI is InChI=1S/C16H18ClN3O/c1-11-4-5-12(10-13(11)17)6-7-14-19-15(20-21-14)16(18)8-2-3-9-16/h4-7,10H,2-3,8-9,18H2,1H3/b7-6+. The molecular weight excluding hydrogens is 286 g/mol. The van der Waals surface area contributed by atoms with Crippen LogP contribution in [0.4, 0.5) is 0 Å². The molecule has 1 aliphatic carbocycles. The van der Waals surface area contributed by atoms with Crippen LogP contribution in [0.2, 0.25) is 5.02 Å². The van der Waals surface area contributed by atoms with Crippen LogP contribution in [0.5, 0.6) is 0 Å². The maximum absolute atomic E-state index is 6.31. The number of rotatable bonds is 3. The fourth-order valence-corrected chi connectivity index (χ4v) is 2.80. The molecule has 5 heteroatoms. The van der Waals surface area contributed by atoms with Gasteiger partial charge in [-0.25, -0.2) is 0 Å². The Kier molecular flexibility index (Phi) is 3.83. The van der Waals surface area contributed by atoms with Gasteiger partial charge in [-0.1, -0.05) is 41.7 Å². The van der Waals surface area contributed by atoms with E-state index in [0.29, 0.717) is 11.7 Å². The molecule has 0 atom stereocenters. The van der Waals surface area contributed by atoms with E-state index < -0.39 is 5.54 Å². The molecule has 1 aromatic heterocycles. The van der Waals surface area contributed by atoms with E-state index in [-0.39, 0.29) is 0 Å². The molecule has 0 saturated heterocycles. The van der Waals surface area contributed by atoms with Crippen LogP contribution in [0.1, 0.15) is 48.5 Å². The summed E-state index contributed by atoms with van der Waals surface area (Å²) in [5.74, 6) is 1.08. The van der Waals surface area contributed by atoms with E-state index in [2.05, 4.69) is 10.1 Å². The number of benzene rings is 1. The third-order valence-corrected chi connectivity index (χ3v) is 4.40. The molecule has 2 aromatic rings. The summed E-state index contributed by atoms with van der Waals surface area (Å²) in [6, 6.07) is 5.89. The highest BCUT2D eigenvalue weighted by atomic mass is 35.5. The fourth-order valence-electron chi connectivity index (χ4n) is 2.61. The Bertz CT molecular complexity index is 672. The molecule has 21 heavy (non-hydrogen) atoms. The average molecular weight is 304 g/mol. The van der Waals surface area contributed by atoms with E-state index in [1.807, 2.05) is 31.2 Å². The molecule has 1 aromatic carbocycles. The largest absolute Gasteiger partial charge is 0.335 e. The van der Waals surface area contributed by atoms with Crippen molar-refractivity contribution in [2.24, 2.45) is 5.73 Å². The van der Waals surface area contributed by atoms with Gasteiger partial charge in [-0.15, -0.1) is 0 Å². The maximum Gasteiger partial charge on any atom is 0.250 e. The maximum atomic E-state index is 6.31. The van der Waals surface area contributed by atoms with Crippen molar-refractivity contribution in [3.8, 4) is 0 Å². The molecule has 0 aliphatic heterocycles. The zero-order chi connectivity index (χ0) is 14.9. The second-order valence-electron chi connectivity index (χ2n) is 5.66. The molecule has 1 heterocycles. The predicted octanol–water partition coefficient (Wildman–Crippen LogP) is 3.93. The minimum absolute atomic E-state index is 0.414. The lowest BCUT2D eigenvalue weighted by Gasteiger charge is -2.17. The van der Waals surface area contributed by atoms with Crippen LogP contribution < -0.4 is 5.73 Å². The van der Waals surface area contributed by atoms with Crippen molar-refractivity contribution in [2.45, 2.75) is 38.1 Å². The third kappa shape index (κ3) is 3.01. The van der Waals surface area contributed by atoms with Crippen LogP contribution in [0.3, 0.4) is 0 Å². The number of hydrogen-bond acceptors (Lipinski definition) is 4. The molecule has 0 unspecified atom stereocenters. The summed E-state index contributed by atoms with van der Waals surface area (Å²) in [6.07, 6.45) is 7.78. The van der Waals surface area contributed by atoms with Crippen LogP contribution >= 0.6 is 11.6 Å². The number of aryl methyl sites for hydroxylation is 1. The predicted molar refractivity (Wildman–Crippen MR) is 83.7 cm³/mol. The van der Waals surface area contributed by atoms with Gasteiger partial charge in [0.1, 0.15) is 0 Å². The summed E-state index contributed by atoms with van der Waals surface area (Å²) in [5, 5.41) is 4.77. The molecule has 0 bridgehead atoms. The number of nitrogens with two attached hydrogens (primary N) is 1. The zero-order valence-electron chi connectivity index (χ0n) is 12.0. The van der Waals surface area contributed by atoms with Crippen molar-refractivity contribution in [1.29, 1.82) is 0 Å². The van der Waals surface area contributed by atoms with Gasteiger partial charge in [0, 0.05) is 11.1 Å². The van der Waals surface area contributed by atoms with Crippen molar-refractivity contribution >= 4 is 23.8 Å². The number of nitrogens with zero attached hydrogens (tertiary/aromatic N) is 2. The molecule has 0 spiro atoms. The van der Waals surface area contributed by atoms with E-state index >= 15 is 0 Å². The van der Waals surface area contributed by atoms with Crippen molar-refractivity contribution in [3.63, 3.8) is 0 Å². The van der Waals surface area contributed by atoms with Gasteiger partial charge in [-0.3, -0.25) is 0 Å². The lowest BCUT2D eigenvalue weighted by atomic mass is 9.99. The van der Waals surface area contributed by atoms with Crippen LogP contribution in [0.15, 0.2) is 22.7 Å². The molecule has 1 saturated carbocycles. The molecular formula is C16H18ClN3O. The van der Waals surface area contributed by atoms with E-state index in [4.69, 9.17) is 21.9 Å². The molecule has 0 radical (unpaired) electrons. The monoisotopic (exact) mass is 303 g/mol. The highest BCUT2D eigenvalue weighted by molar-refractivity contribution is 6.31. The Morgan fingerprint density at radius 1 is 1.29 bits per heavy atom. The van der Waals surface area contributed by atoms with Crippen LogP contribution in [0, 0.1) is 6.92 Å². The topological polar surface area (TPSA) is 64.9 Å². The summed E-state index contributed by atoms with van der Waals surface area (Å²) in [7, 11) is 0. The summed E-state index contributed by atoms with van der Waals surface area (Å²) in [5.41, 5.74) is 7.95. The van der Waals surface area contributed by atoms with Gasteiger partial charge in [0.2, 0.25) is 0 Å². The summed E-state index contributed by atoms with van der Waals surface area (Å²) < 4.78 is 5.26. The second-order valence-corrected chi connectivity index (χ2v) is 6.07. The van der Waals surface area contributed by atoms with E-state index in [0.717, 1.165) is 41.8 Å². The average Bonchev–Trinajstić information content (AvgIpc) is 3.10. The molecule has 4 nitrogen and oxygen atoms in total. The Morgan fingerprint density at radius 2 is 2.05 bits per heavy atom. The first-order chi connectivity index (χ1) is 10.1. The zero-order valence-corrected chi connectivity index (χ0v) is 12.7. The SMILES string of the molecule is Cc1ccc(/C=C/c2nc(C3(N)CCCC3)no2)cc1Cl. The Hall–Kier alpha value is -1.65.